The van der Waals surface area contributed by atoms with Crippen LogP contribution in [0.1, 0.15) is 27.7 Å². The minimum absolute atomic E-state index is 0.0562. The minimum atomic E-state index is -0.0562. The summed E-state index contributed by atoms with van der Waals surface area (Å²) in [5, 5.41) is 3.88. The van der Waals surface area contributed by atoms with Crippen LogP contribution in [0.3, 0.4) is 0 Å². The second-order valence-electron chi connectivity index (χ2n) is 4.70. The summed E-state index contributed by atoms with van der Waals surface area (Å²) in [7, 11) is 0. The van der Waals surface area contributed by atoms with Crippen LogP contribution in [0, 0.1) is 3.57 Å². The lowest BCUT2D eigenvalue weighted by molar-refractivity contribution is -0.114. The maximum atomic E-state index is 12.3. The Kier molecular flexibility index (Phi) is 7.61. The highest BCUT2D eigenvalue weighted by Crippen LogP contribution is 2.31. The van der Waals surface area contributed by atoms with Gasteiger partial charge in [-0.2, -0.15) is 0 Å². The summed E-state index contributed by atoms with van der Waals surface area (Å²) in [5.74, 6) is 0.0820. The average Bonchev–Trinajstić information content (AvgIpc) is 2.30. The van der Waals surface area contributed by atoms with Crippen LogP contribution < -0.4 is 5.32 Å². The van der Waals surface area contributed by atoms with Gasteiger partial charge in [0.05, 0.1) is 0 Å². The van der Waals surface area contributed by atoms with E-state index in [-0.39, 0.29) is 10.5 Å². The van der Waals surface area contributed by atoms with Crippen LogP contribution in [0.4, 0.5) is 5.69 Å². The number of anilines is 1. The van der Waals surface area contributed by atoms with Gasteiger partial charge in [-0.15, -0.1) is 23.5 Å². The van der Waals surface area contributed by atoms with Crippen molar-refractivity contribution in [2.45, 2.75) is 42.8 Å². The Balaban J connectivity index is 2.67. The van der Waals surface area contributed by atoms with E-state index >= 15 is 0 Å². The first-order valence-corrected chi connectivity index (χ1v) is 9.22. The summed E-state index contributed by atoms with van der Waals surface area (Å²) < 4.78 is 1.11. The molecule has 0 bridgehead atoms. The van der Waals surface area contributed by atoms with Gasteiger partial charge in [-0.3, -0.25) is 4.79 Å². The van der Waals surface area contributed by atoms with Gasteiger partial charge in [-0.1, -0.05) is 27.7 Å². The topological polar surface area (TPSA) is 29.1 Å². The van der Waals surface area contributed by atoms with Crippen LogP contribution in [0.5, 0.6) is 0 Å². The summed E-state index contributed by atoms with van der Waals surface area (Å²) >= 11 is 5.67. The van der Waals surface area contributed by atoms with Gasteiger partial charge in [0.2, 0.25) is 5.91 Å². The summed E-state index contributed by atoms with van der Waals surface area (Å²) in [6.07, 6.45) is 0. The van der Waals surface area contributed by atoms with E-state index in [9.17, 15) is 4.79 Å². The van der Waals surface area contributed by atoms with Gasteiger partial charge in [0.25, 0.3) is 0 Å². The van der Waals surface area contributed by atoms with Gasteiger partial charge in [-0.05, 0) is 46.9 Å². The quantitative estimate of drug-likeness (QED) is 0.539. The van der Waals surface area contributed by atoms with Crippen LogP contribution in [0.25, 0.3) is 0 Å². The molecule has 0 heterocycles. The van der Waals surface area contributed by atoms with Crippen molar-refractivity contribution in [2.24, 2.45) is 0 Å². The number of carbonyl (C=O) groups excluding carboxylic acids is 1. The number of hydrogen-bond acceptors (Lipinski definition) is 3. The maximum Gasteiger partial charge on any atom is 0.247 e. The van der Waals surface area contributed by atoms with Gasteiger partial charge in [0, 0.05) is 19.8 Å². The van der Waals surface area contributed by atoms with Crippen molar-refractivity contribution in [3.63, 3.8) is 0 Å². The van der Waals surface area contributed by atoms with Crippen LogP contribution in [0.15, 0.2) is 24.3 Å². The molecular formula is C14H20INOS2. The Labute approximate surface area is 138 Å². The first-order valence-electron chi connectivity index (χ1n) is 6.26. The normalized spacial score (nSPS) is 11.4. The predicted molar refractivity (Wildman–Crippen MR) is 97.0 cm³/mol. The van der Waals surface area contributed by atoms with E-state index in [1.54, 1.807) is 23.5 Å². The number of benzene rings is 1. The molecule has 1 aromatic carbocycles. The lowest BCUT2D eigenvalue weighted by Crippen LogP contribution is -2.25. The molecule has 19 heavy (non-hydrogen) atoms. The monoisotopic (exact) mass is 409 g/mol. The molecular weight excluding hydrogens is 389 g/mol. The predicted octanol–water partition coefficient (Wildman–Crippen LogP) is 4.84. The first kappa shape index (κ1) is 17.2. The van der Waals surface area contributed by atoms with E-state index in [4.69, 9.17) is 0 Å². The van der Waals surface area contributed by atoms with E-state index in [2.05, 4.69) is 55.6 Å². The zero-order valence-electron chi connectivity index (χ0n) is 11.6. The molecule has 0 aliphatic heterocycles. The number of carbonyl (C=O) groups is 1. The molecule has 106 valence electrons. The summed E-state index contributed by atoms with van der Waals surface area (Å²) in [5.41, 5.74) is 0.865. The molecule has 0 spiro atoms. The van der Waals surface area contributed by atoms with Gasteiger partial charge in [0.1, 0.15) is 4.58 Å². The van der Waals surface area contributed by atoms with E-state index in [1.807, 2.05) is 24.3 Å². The molecule has 0 atom stereocenters. The number of halogens is 1. The van der Waals surface area contributed by atoms with E-state index in [1.165, 1.54) is 3.57 Å². The van der Waals surface area contributed by atoms with Gasteiger partial charge < -0.3 is 5.32 Å². The second kappa shape index (κ2) is 8.42. The van der Waals surface area contributed by atoms with Crippen molar-refractivity contribution in [3.05, 3.63) is 27.8 Å². The third-order valence-corrected chi connectivity index (χ3v) is 5.51. The third-order valence-electron chi connectivity index (χ3n) is 2.12. The largest absolute Gasteiger partial charge is 0.324 e. The second-order valence-corrected chi connectivity index (χ2v) is 9.61. The van der Waals surface area contributed by atoms with Crippen LogP contribution in [-0.2, 0) is 4.79 Å². The molecule has 5 heteroatoms. The molecule has 0 unspecified atom stereocenters. The van der Waals surface area contributed by atoms with Crippen molar-refractivity contribution in [2.75, 3.05) is 5.32 Å². The maximum absolute atomic E-state index is 12.3. The number of hydrogen-bond donors (Lipinski definition) is 1. The highest BCUT2D eigenvalue weighted by molar-refractivity contribution is 14.1. The van der Waals surface area contributed by atoms with Gasteiger partial charge in [0.15, 0.2) is 0 Å². The summed E-state index contributed by atoms with van der Waals surface area (Å²) in [4.78, 5) is 12.3. The Hall–Kier alpha value is 0.120. The first-order chi connectivity index (χ1) is 8.88. The lowest BCUT2D eigenvalue weighted by atomic mass is 10.3. The number of nitrogens with one attached hydrogen (secondary N) is 1. The van der Waals surface area contributed by atoms with Crippen LogP contribution >= 0.6 is 46.1 Å². The van der Waals surface area contributed by atoms with E-state index in [0.717, 1.165) is 5.69 Å². The van der Waals surface area contributed by atoms with Crippen molar-refractivity contribution >= 4 is 57.7 Å². The molecule has 0 saturated carbocycles. The third kappa shape index (κ3) is 6.90. The Morgan fingerprint density at radius 3 is 1.95 bits per heavy atom. The van der Waals surface area contributed by atoms with Crippen LogP contribution in [-0.4, -0.2) is 21.0 Å². The Morgan fingerprint density at radius 2 is 1.53 bits per heavy atom. The zero-order chi connectivity index (χ0) is 14.4. The average molecular weight is 409 g/mol. The molecule has 0 aromatic heterocycles. The molecule has 1 N–H and O–H groups in total. The number of amides is 1. The van der Waals surface area contributed by atoms with Crippen molar-refractivity contribution < 1.29 is 4.79 Å². The fourth-order valence-corrected chi connectivity index (χ4v) is 4.69. The molecule has 1 amide bonds. The highest BCUT2D eigenvalue weighted by Gasteiger charge is 2.22. The number of rotatable bonds is 6. The summed E-state index contributed by atoms with van der Waals surface area (Å²) in [6.45, 7) is 8.49. The fraction of sp³-hybridized carbons (Fsp3) is 0.500. The molecule has 0 radical (unpaired) electrons. The Bertz CT molecular complexity index is 396. The standard InChI is InChI=1S/C14H20INOS2/c1-9(2)18-14(19-10(3)4)13(17)16-12-7-5-11(15)6-8-12/h5-10,14H,1-4H3,(H,16,17). The molecule has 0 saturated heterocycles. The molecule has 1 rings (SSSR count). The molecule has 2 nitrogen and oxygen atoms in total. The molecule has 0 aliphatic carbocycles. The fourth-order valence-electron chi connectivity index (χ4n) is 1.38. The number of thioether (sulfide) groups is 2. The molecule has 0 aliphatic rings. The van der Waals surface area contributed by atoms with E-state index in [0.29, 0.717) is 10.5 Å². The smallest absolute Gasteiger partial charge is 0.247 e. The summed E-state index contributed by atoms with van der Waals surface area (Å²) in [6, 6.07) is 7.88. The minimum Gasteiger partial charge on any atom is -0.324 e. The molecule has 0 fully saturated rings. The Morgan fingerprint density at radius 1 is 1.05 bits per heavy atom. The molecule has 1 aromatic rings. The van der Waals surface area contributed by atoms with Crippen molar-refractivity contribution in [1.29, 1.82) is 0 Å². The highest BCUT2D eigenvalue weighted by atomic mass is 127. The lowest BCUT2D eigenvalue weighted by Gasteiger charge is -2.19. The van der Waals surface area contributed by atoms with Crippen molar-refractivity contribution in [1.82, 2.24) is 0 Å². The van der Waals surface area contributed by atoms with E-state index < -0.39 is 0 Å². The van der Waals surface area contributed by atoms with Crippen molar-refractivity contribution in [3.8, 4) is 0 Å². The van der Waals surface area contributed by atoms with Gasteiger partial charge in [-0.25, -0.2) is 0 Å². The van der Waals surface area contributed by atoms with Gasteiger partial charge >= 0.3 is 0 Å². The SMILES string of the molecule is CC(C)SC(SC(C)C)C(=O)Nc1ccc(I)cc1. The van der Waals surface area contributed by atoms with Crippen LogP contribution in [0.2, 0.25) is 0 Å². The zero-order valence-corrected chi connectivity index (χ0v) is 15.4.